The third kappa shape index (κ3) is 3.72. The van der Waals surface area contributed by atoms with E-state index in [-0.39, 0.29) is 5.91 Å². The maximum Gasteiger partial charge on any atom is 0.251 e. The first-order chi connectivity index (χ1) is 10.1. The molecule has 0 spiro atoms. The summed E-state index contributed by atoms with van der Waals surface area (Å²) in [7, 11) is 1.93. The zero-order valence-corrected chi connectivity index (χ0v) is 12.3. The molecule has 21 heavy (non-hydrogen) atoms. The number of nitrogens with two attached hydrogens (primary N) is 1. The summed E-state index contributed by atoms with van der Waals surface area (Å²) in [4.78, 5) is 18.2. The SMILES string of the molecule is CCNC(=O)c1ccc(N)c(N(C)Cc2ccccn2)c1. The van der Waals surface area contributed by atoms with Crippen LogP contribution in [0.3, 0.4) is 0 Å². The number of anilines is 2. The zero-order chi connectivity index (χ0) is 15.2. The maximum atomic E-state index is 11.9. The molecule has 0 aliphatic heterocycles. The number of hydrogen-bond acceptors (Lipinski definition) is 4. The van der Waals surface area contributed by atoms with Crippen LogP contribution in [-0.4, -0.2) is 24.5 Å². The van der Waals surface area contributed by atoms with Gasteiger partial charge in [0.2, 0.25) is 0 Å². The van der Waals surface area contributed by atoms with Gasteiger partial charge in [0.15, 0.2) is 0 Å². The number of amides is 1. The van der Waals surface area contributed by atoms with Crippen molar-refractivity contribution >= 4 is 17.3 Å². The van der Waals surface area contributed by atoms with Crippen LogP contribution in [0.4, 0.5) is 11.4 Å². The molecule has 0 fully saturated rings. The number of pyridine rings is 1. The van der Waals surface area contributed by atoms with E-state index < -0.39 is 0 Å². The van der Waals surface area contributed by atoms with Crippen molar-refractivity contribution in [3.8, 4) is 0 Å². The van der Waals surface area contributed by atoms with Crippen LogP contribution < -0.4 is 16.0 Å². The molecule has 2 aromatic rings. The summed E-state index contributed by atoms with van der Waals surface area (Å²) in [5, 5.41) is 2.79. The van der Waals surface area contributed by atoms with Crippen LogP contribution in [0.2, 0.25) is 0 Å². The summed E-state index contributed by atoms with van der Waals surface area (Å²) < 4.78 is 0. The first-order valence-electron chi connectivity index (χ1n) is 6.90. The minimum absolute atomic E-state index is 0.0926. The van der Waals surface area contributed by atoms with Gasteiger partial charge in [0.05, 0.1) is 23.6 Å². The number of aromatic nitrogens is 1. The molecule has 0 bridgehead atoms. The van der Waals surface area contributed by atoms with E-state index in [1.807, 2.05) is 43.1 Å². The van der Waals surface area contributed by atoms with Crippen molar-refractivity contribution in [2.45, 2.75) is 13.5 Å². The Morgan fingerprint density at radius 3 is 2.81 bits per heavy atom. The van der Waals surface area contributed by atoms with E-state index in [0.29, 0.717) is 24.3 Å². The van der Waals surface area contributed by atoms with Gasteiger partial charge in [-0.25, -0.2) is 0 Å². The number of rotatable bonds is 5. The fourth-order valence-corrected chi connectivity index (χ4v) is 2.10. The van der Waals surface area contributed by atoms with Crippen LogP contribution in [0.1, 0.15) is 23.0 Å². The number of nitrogens with one attached hydrogen (secondary N) is 1. The molecule has 0 saturated heterocycles. The third-order valence-corrected chi connectivity index (χ3v) is 3.17. The van der Waals surface area contributed by atoms with Crippen LogP contribution in [0.5, 0.6) is 0 Å². The molecule has 1 heterocycles. The lowest BCUT2D eigenvalue weighted by atomic mass is 10.1. The van der Waals surface area contributed by atoms with E-state index in [9.17, 15) is 4.79 Å². The average Bonchev–Trinajstić information content (AvgIpc) is 2.48. The van der Waals surface area contributed by atoms with E-state index in [1.165, 1.54) is 0 Å². The van der Waals surface area contributed by atoms with Crippen LogP contribution in [-0.2, 0) is 6.54 Å². The molecule has 0 radical (unpaired) electrons. The largest absolute Gasteiger partial charge is 0.397 e. The first kappa shape index (κ1) is 14.8. The summed E-state index contributed by atoms with van der Waals surface area (Å²) in [5.41, 5.74) is 9.04. The molecule has 0 atom stereocenters. The van der Waals surface area contributed by atoms with Crippen molar-refractivity contribution < 1.29 is 4.79 Å². The maximum absolute atomic E-state index is 11.9. The fourth-order valence-electron chi connectivity index (χ4n) is 2.10. The second kappa shape index (κ2) is 6.74. The van der Waals surface area contributed by atoms with Gasteiger partial charge in [0, 0.05) is 25.4 Å². The van der Waals surface area contributed by atoms with Gasteiger partial charge in [0.1, 0.15) is 0 Å². The molecule has 1 aromatic carbocycles. The van der Waals surface area contributed by atoms with Gasteiger partial charge in [-0.3, -0.25) is 9.78 Å². The van der Waals surface area contributed by atoms with Gasteiger partial charge in [-0.15, -0.1) is 0 Å². The highest BCUT2D eigenvalue weighted by molar-refractivity contribution is 5.96. The zero-order valence-electron chi connectivity index (χ0n) is 12.3. The Bertz CT molecular complexity index is 613. The normalized spacial score (nSPS) is 10.2. The van der Waals surface area contributed by atoms with E-state index in [0.717, 1.165) is 11.4 Å². The molecule has 110 valence electrons. The number of nitrogen functional groups attached to an aromatic ring is 1. The summed E-state index contributed by atoms with van der Waals surface area (Å²) in [5.74, 6) is -0.0926. The molecule has 0 aliphatic rings. The quantitative estimate of drug-likeness (QED) is 0.824. The molecule has 1 aromatic heterocycles. The standard InChI is InChI=1S/C16H20N4O/c1-3-18-16(21)12-7-8-14(17)15(10-12)20(2)11-13-6-4-5-9-19-13/h4-10H,3,11,17H2,1-2H3,(H,18,21). The number of nitrogens with zero attached hydrogens (tertiary/aromatic N) is 2. The Balaban J connectivity index is 2.21. The summed E-state index contributed by atoms with van der Waals surface area (Å²) in [6, 6.07) is 11.1. The highest BCUT2D eigenvalue weighted by Crippen LogP contribution is 2.24. The second-order valence-electron chi connectivity index (χ2n) is 4.81. The van der Waals surface area contributed by atoms with E-state index in [4.69, 9.17) is 5.73 Å². The second-order valence-corrected chi connectivity index (χ2v) is 4.81. The molecule has 5 nitrogen and oxygen atoms in total. The summed E-state index contributed by atoms with van der Waals surface area (Å²) >= 11 is 0. The molecule has 2 rings (SSSR count). The van der Waals surface area contributed by atoms with Crippen molar-refractivity contribution in [3.63, 3.8) is 0 Å². The van der Waals surface area contributed by atoms with Crippen LogP contribution in [0.15, 0.2) is 42.6 Å². The molecule has 0 saturated carbocycles. The molecule has 5 heteroatoms. The Morgan fingerprint density at radius 2 is 2.14 bits per heavy atom. The predicted molar refractivity (Wildman–Crippen MR) is 85.2 cm³/mol. The van der Waals surface area contributed by atoms with Crippen LogP contribution in [0, 0.1) is 0 Å². The highest BCUT2D eigenvalue weighted by Gasteiger charge is 2.11. The fraction of sp³-hybridized carbons (Fsp3) is 0.250. The Morgan fingerprint density at radius 1 is 1.33 bits per heavy atom. The lowest BCUT2D eigenvalue weighted by Crippen LogP contribution is -2.24. The monoisotopic (exact) mass is 284 g/mol. The minimum atomic E-state index is -0.0926. The molecule has 0 aliphatic carbocycles. The minimum Gasteiger partial charge on any atom is -0.397 e. The number of carbonyl (C=O) groups excluding carboxylic acids is 1. The molecule has 3 N–H and O–H groups in total. The van der Waals surface area contributed by atoms with Crippen molar-refractivity contribution in [3.05, 3.63) is 53.9 Å². The first-order valence-corrected chi connectivity index (χ1v) is 6.90. The molecule has 1 amide bonds. The van der Waals surface area contributed by atoms with E-state index in [1.54, 1.807) is 18.3 Å². The third-order valence-electron chi connectivity index (χ3n) is 3.17. The molecular formula is C16H20N4O. The van der Waals surface area contributed by atoms with E-state index >= 15 is 0 Å². The van der Waals surface area contributed by atoms with Crippen molar-refractivity contribution in [1.29, 1.82) is 0 Å². The van der Waals surface area contributed by atoms with Gasteiger partial charge in [-0.1, -0.05) is 6.07 Å². The smallest absolute Gasteiger partial charge is 0.251 e. The van der Waals surface area contributed by atoms with Crippen LogP contribution >= 0.6 is 0 Å². The highest BCUT2D eigenvalue weighted by atomic mass is 16.1. The van der Waals surface area contributed by atoms with Gasteiger partial charge in [0.25, 0.3) is 5.91 Å². The van der Waals surface area contributed by atoms with Crippen LogP contribution in [0.25, 0.3) is 0 Å². The van der Waals surface area contributed by atoms with Gasteiger partial charge in [-0.05, 0) is 37.3 Å². The predicted octanol–water partition coefficient (Wildman–Crippen LogP) is 2.05. The Labute approximate surface area is 124 Å². The number of hydrogen-bond donors (Lipinski definition) is 2. The summed E-state index contributed by atoms with van der Waals surface area (Å²) in [6.07, 6.45) is 1.76. The van der Waals surface area contributed by atoms with Crippen molar-refractivity contribution in [1.82, 2.24) is 10.3 Å². The number of carbonyl (C=O) groups is 1. The Hall–Kier alpha value is -2.56. The lowest BCUT2D eigenvalue weighted by Gasteiger charge is -2.21. The van der Waals surface area contributed by atoms with E-state index in [2.05, 4.69) is 10.3 Å². The van der Waals surface area contributed by atoms with Crippen molar-refractivity contribution in [2.24, 2.45) is 0 Å². The molecule has 0 unspecified atom stereocenters. The van der Waals surface area contributed by atoms with Gasteiger partial charge < -0.3 is 16.0 Å². The Kier molecular flexibility index (Phi) is 4.77. The average molecular weight is 284 g/mol. The van der Waals surface area contributed by atoms with Gasteiger partial charge >= 0.3 is 0 Å². The topological polar surface area (TPSA) is 71.2 Å². The van der Waals surface area contributed by atoms with Gasteiger partial charge in [-0.2, -0.15) is 0 Å². The van der Waals surface area contributed by atoms with Crippen molar-refractivity contribution in [2.75, 3.05) is 24.2 Å². The molecular weight excluding hydrogens is 264 g/mol. The summed E-state index contributed by atoms with van der Waals surface area (Å²) in [6.45, 7) is 3.12. The lowest BCUT2D eigenvalue weighted by molar-refractivity contribution is 0.0956. The number of benzene rings is 1.